The first-order valence-corrected chi connectivity index (χ1v) is 7.95. The van der Waals surface area contributed by atoms with Crippen LogP contribution < -0.4 is 10.2 Å². The smallest absolute Gasteiger partial charge is 0.0984 e. The van der Waals surface area contributed by atoms with Crippen molar-refractivity contribution in [2.24, 2.45) is 0 Å². The van der Waals surface area contributed by atoms with E-state index in [1.54, 1.807) is 0 Å². The average molecular weight is 292 g/mol. The minimum atomic E-state index is -0.0842. The molecule has 0 saturated carbocycles. The van der Waals surface area contributed by atoms with E-state index in [-0.39, 0.29) is 18.8 Å². The number of aliphatic hydroxyl groups is 1. The summed E-state index contributed by atoms with van der Waals surface area (Å²) >= 11 is 0. The second-order valence-electron chi connectivity index (χ2n) is 5.95. The highest BCUT2D eigenvalue weighted by atomic mass is 16.5. The Morgan fingerprint density at radius 1 is 1.38 bits per heavy atom. The number of morpholine rings is 1. The Bertz CT molecular complexity index is 450. The molecule has 2 atom stereocenters. The van der Waals surface area contributed by atoms with Crippen molar-refractivity contribution in [2.75, 3.05) is 31.1 Å². The molecule has 2 unspecified atom stereocenters. The minimum Gasteiger partial charge on any atom is -0.394 e. The zero-order chi connectivity index (χ0) is 15.2. The Balaban J connectivity index is 2.05. The molecule has 0 bridgehead atoms. The van der Waals surface area contributed by atoms with Gasteiger partial charge in [0.05, 0.1) is 18.8 Å². The summed E-state index contributed by atoms with van der Waals surface area (Å²) in [5, 5.41) is 12.8. The first-order chi connectivity index (χ1) is 10.1. The van der Waals surface area contributed by atoms with E-state index in [0.29, 0.717) is 0 Å². The van der Waals surface area contributed by atoms with E-state index in [1.807, 2.05) is 0 Å². The van der Waals surface area contributed by atoms with Gasteiger partial charge in [-0.2, -0.15) is 0 Å². The second-order valence-corrected chi connectivity index (χ2v) is 5.95. The number of nitrogens with zero attached hydrogens (tertiary/aromatic N) is 1. The van der Waals surface area contributed by atoms with Gasteiger partial charge in [-0.25, -0.2) is 0 Å². The zero-order valence-electron chi connectivity index (χ0n) is 13.4. The molecule has 1 aromatic carbocycles. The summed E-state index contributed by atoms with van der Waals surface area (Å²) in [6, 6.07) is 6.65. The fraction of sp³-hybridized carbons (Fsp3) is 0.647. The zero-order valence-corrected chi connectivity index (χ0v) is 13.4. The van der Waals surface area contributed by atoms with Crippen LogP contribution in [0.5, 0.6) is 0 Å². The molecule has 0 radical (unpaired) electrons. The van der Waals surface area contributed by atoms with Crippen LogP contribution in [0.4, 0.5) is 5.69 Å². The van der Waals surface area contributed by atoms with Crippen molar-refractivity contribution in [2.45, 2.75) is 45.9 Å². The molecule has 1 heterocycles. The maximum Gasteiger partial charge on any atom is 0.0984 e. The first-order valence-electron chi connectivity index (χ1n) is 7.95. The van der Waals surface area contributed by atoms with Crippen molar-refractivity contribution in [3.05, 3.63) is 29.3 Å². The van der Waals surface area contributed by atoms with E-state index >= 15 is 0 Å². The van der Waals surface area contributed by atoms with Gasteiger partial charge >= 0.3 is 0 Å². The summed E-state index contributed by atoms with van der Waals surface area (Å²) in [5.41, 5.74) is 3.86. The van der Waals surface area contributed by atoms with Crippen LogP contribution in [0.25, 0.3) is 0 Å². The quantitative estimate of drug-likeness (QED) is 0.788. The van der Waals surface area contributed by atoms with E-state index in [9.17, 15) is 5.11 Å². The molecule has 2 N–H and O–H groups in total. The molecule has 0 aromatic heterocycles. The molecule has 4 nitrogen and oxygen atoms in total. The SMILES string of the molecule is CCCNCc1ccc(N2CC(C)OC(CO)C2)c(C)c1. The van der Waals surface area contributed by atoms with Crippen molar-refractivity contribution in [1.29, 1.82) is 0 Å². The van der Waals surface area contributed by atoms with Crippen LogP contribution in [0.1, 0.15) is 31.4 Å². The molecule has 1 aliphatic heterocycles. The monoisotopic (exact) mass is 292 g/mol. The molecule has 2 rings (SSSR count). The largest absolute Gasteiger partial charge is 0.394 e. The predicted octanol–water partition coefficient (Wildman–Crippen LogP) is 2.08. The summed E-state index contributed by atoms with van der Waals surface area (Å²) in [7, 11) is 0. The number of hydrogen-bond acceptors (Lipinski definition) is 4. The van der Waals surface area contributed by atoms with Crippen molar-refractivity contribution >= 4 is 5.69 Å². The molecule has 0 amide bonds. The molecule has 4 heteroatoms. The Morgan fingerprint density at radius 3 is 2.86 bits per heavy atom. The molecule has 1 aliphatic rings. The number of ether oxygens (including phenoxy) is 1. The third-order valence-electron chi connectivity index (χ3n) is 3.89. The van der Waals surface area contributed by atoms with Gasteiger partial charge in [-0.1, -0.05) is 19.1 Å². The van der Waals surface area contributed by atoms with Crippen molar-refractivity contribution in [1.82, 2.24) is 5.32 Å². The minimum absolute atomic E-state index is 0.0823. The first kappa shape index (κ1) is 16.3. The van der Waals surface area contributed by atoms with Crippen LogP contribution in [0.3, 0.4) is 0 Å². The van der Waals surface area contributed by atoms with E-state index in [2.05, 4.69) is 49.2 Å². The van der Waals surface area contributed by atoms with Crippen LogP contribution in [-0.2, 0) is 11.3 Å². The highest BCUT2D eigenvalue weighted by molar-refractivity contribution is 5.55. The second kappa shape index (κ2) is 7.78. The topological polar surface area (TPSA) is 44.7 Å². The number of nitrogens with one attached hydrogen (secondary N) is 1. The summed E-state index contributed by atoms with van der Waals surface area (Å²) in [6.45, 7) is 10.1. The molecular weight excluding hydrogens is 264 g/mol. The van der Waals surface area contributed by atoms with Gasteiger partial charge in [-0.3, -0.25) is 0 Å². The van der Waals surface area contributed by atoms with Gasteiger partial charge < -0.3 is 20.1 Å². The highest BCUT2D eigenvalue weighted by Crippen LogP contribution is 2.25. The third-order valence-corrected chi connectivity index (χ3v) is 3.89. The normalized spacial score (nSPS) is 22.6. The maximum absolute atomic E-state index is 9.35. The average Bonchev–Trinajstić information content (AvgIpc) is 2.47. The number of hydrogen-bond donors (Lipinski definition) is 2. The van der Waals surface area contributed by atoms with Gasteiger partial charge in [0.25, 0.3) is 0 Å². The molecule has 0 aliphatic carbocycles. The Kier molecular flexibility index (Phi) is 6.03. The van der Waals surface area contributed by atoms with Crippen LogP contribution >= 0.6 is 0 Å². The van der Waals surface area contributed by atoms with Crippen LogP contribution in [0.2, 0.25) is 0 Å². The van der Waals surface area contributed by atoms with Crippen molar-refractivity contribution in [3.8, 4) is 0 Å². The standard InChI is InChI=1S/C17H28N2O2/c1-4-7-18-9-15-5-6-17(13(2)8-15)19-10-14(3)21-16(11-19)12-20/h5-6,8,14,16,18,20H,4,7,9-12H2,1-3H3. The summed E-state index contributed by atoms with van der Waals surface area (Å²) < 4.78 is 5.71. The number of anilines is 1. The molecule has 1 aromatic rings. The van der Waals surface area contributed by atoms with Crippen LogP contribution in [-0.4, -0.2) is 43.6 Å². The van der Waals surface area contributed by atoms with Crippen molar-refractivity contribution in [3.63, 3.8) is 0 Å². The van der Waals surface area contributed by atoms with E-state index in [0.717, 1.165) is 32.6 Å². The number of benzene rings is 1. The molecule has 1 fully saturated rings. The van der Waals surface area contributed by atoms with Gasteiger partial charge in [-0.05, 0) is 44.0 Å². The lowest BCUT2D eigenvalue weighted by atomic mass is 10.1. The summed E-state index contributed by atoms with van der Waals surface area (Å²) in [5.74, 6) is 0. The lowest BCUT2D eigenvalue weighted by molar-refractivity contribution is -0.0421. The number of rotatable bonds is 6. The fourth-order valence-electron chi connectivity index (χ4n) is 2.93. The molecule has 118 valence electrons. The van der Waals surface area contributed by atoms with Gasteiger partial charge in [0.2, 0.25) is 0 Å². The van der Waals surface area contributed by atoms with Crippen LogP contribution in [0.15, 0.2) is 18.2 Å². The number of aliphatic hydroxyl groups excluding tert-OH is 1. The van der Waals surface area contributed by atoms with Gasteiger partial charge in [0.1, 0.15) is 0 Å². The molecule has 1 saturated heterocycles. The predicted molar refractivity (Wildman–Crippen MR) is 86.8 cm³/mol. The van der Waals surface area contributed by atoms with E-state index < -0.39 is 0 Å². The lowest BCUT2D eigenvalue weighted by Crippen LogP contribution is -2.48. The molecule has 0 spiro atoms. The van der Waals surface area contributed by atoms with E-state index in [4.69, 9.17) is 4.74 Å². The highest BCUT2D eigenvalue weighted by Gasteiger charge is 2.25. The summed E-state index contributed by atoms with van der Waals surface area (Å²) in [6.07, 6.45) is 1.23. The van der Waals surface area contributed by atoms with Gasteiger partial charge in [0, 0.05) is 25.3 Å². The fourth-order valence-corrected chi connectivity index (χ4v) is 2.93. The maximum atomic E-state index is 9.35. The van der Waals surface area contributed by atoms with Gasteiger partial charge in [-0.15, -0.1) is 0 Å². The van der Waals surface area contributed by atoms with Crippen molar-refractivity contribution < 1.29 is 9.84 Å². The molecular formula is C17H28N2O2. The number of aryl methyl sites for hydroxylation is 1. The molecule has 21 heavy (non-hydrogen) atoms. The van der Waals surface area contributed by atoms with Crippen LogP contribution in [0, 0.1) is 6.92 Å². The Labute approximate surface area is 128 Å². The Morgan fingerprint density at radius 2 is 2.19 bits per heavy atom. The summed E-state index contributed by atoms with van der Waals surface area (Å²) in [4.78, 5) is 2.33. The lowest BCUT2D eigenvalue weighted by Gasteiger charge is -2.38. The van der Waals surface area contributed by atoms with E-state index in [1.165, 1.54) is 16.8 Å². The Hall–Kier alpha value is -1.10. The third kappa shape index (κ3) is 4.43. The van der Waals surface area contributed by atoms with Gasteiger partial charge in [0.15, 0.2) is 0 Å².